The molecule has 2 aromatic carbocycles. The molecule has 0 radical (unpaired) electrons. The second kappa shape index (κ2) is 10.9. The topological polar surface area (TPSA) is 135 Å². The fourth-order valence-electron chi connectivity index (χ4n) is 4.18. The summed E-state index contributed by atoms with van der Waals surface area (Å²) in [6.45, 7) is 4.75. The second-order valence-corrected chi connectivity index (χ2v) is 12.3. The van der Waals surface area contributed by atoms with Gasteiger partial charge in [-0.25, -0.2) is 4.79 Å². The number of hydrogen-bond donors (Lipinski definition) is 2. The van der Waals surface area contributed by atoms with Crippen molar-refractivity contribution in [3.05, 3.63) is 48.0 Å². The SMILES string of the molecule is CSC1(C(=O)O)CS[C@@H]2C(NC(=O)C(=NOCC(=O)OC(C)(C)C)c3ccc4ccccc4c3)C(=O)N2C1. The Hall–Kier alpha value is -3.25. The molecular formula is C26H29N3O7S2. The van der Waals surface area contributed by atoms with E-state index in [1.165, 1.54) is 28.4 Å². The monoisotopic (exact) mass is 559 g/mol. The quantitative estimate of drug-likeness (QED) is 0.216. The van der Waals surface area contributed by atoms with Crippen molar-refractivity contribution in [1.82, 2.24) is 10.2 Å². The highest BCUT2D eigenvalue weighted by Crippen LogP contribution is 2.43. The molecule has 2 amide bonds. The normalized spacial score (nSPS) is 23.3. The number of carboxylic acids is 1. The summed E-state index contributed by atoms with van der Waals surface area (Å²) in [6, 6.07) is 12.1. The summed E-state index contributed by atoms with van der Waals surface area (Å²) < 4.78 is 4.14. The fourth-order valence-corrected chi connectivity index (χ4v) is 6.69. The Bertz CT molecular complexity index is 1310. The smallest absolute Gasteiger partial charge is 0.347 e. The molecule has 2 aliphatic rings. The van der Waals surface area contributed by atoms with E-state index in [0.29, 0.717) is 11.3 Å². The van der Waals surface area contributed by atoms with Gasteiger partial charge in [0.15, 0.2) is 5.71 Å². The van der Waals surface area contributed by atoms with Gasteiger partial charge in [0.1, 0.15) is 21.8 Å². The first-order chi connectivity index (χ1) is 17.9. The summed E-state index contributed by atoms with van der Waals surface area (Å²) in [7, 11) is 0. The lowest BCUT2D eigenvalue weighted by atomic mass is 10.0. The van der Waals surface area contributed by atoms with Crippen molar-refractivity contribution in [2.24, 2.45) is 5.16 Å². The van der Waals surface area contributed by atoms with Crippen LogP contribution in [0.4, 0.5) is 0 Å². The lowest BCUT2D eigenvalue weighted by Gasteiger charge is -2.53. The Morgan fingerprint density at radius 1 is 1.21 bits per heavy atom. The van der Waals surface area contributed by atoms with Crippen LogP contribution in [0.25, 0.3) is 10.8 Å². The van der Waals surface area contributed by atoms with Crippen LogP contribution in [0.1, 0.15) is 26.3 Å². The number of fused-ring (bicyclic) bond motifs is 2. The van der Waals surface area contributed by atoms with Crippen LogP contribution >= 0.6 is 23.5 Å². The van der Waals surface area contributed by atoms with Gasteiger partial charge in [-0.2, -0.15) is 0 Å². The van der Waals surface area contributed by atoms with Crippen molar-refractivity contribution >= 4 is 63.8 Å². The summed E-state index contributed by atoms with van der Waals surface area (Å²) in [5.41, 5.74) is -0.362. The molecule has 202 valence electrons. The molecule has 2 aromatic rings. The number of carbonyl (C=O) groups excluding carboxylic acids is 3. The molecule has 2 heterocycles. The zero-order valence-corrected chi connectivity index (χ0v) is 23.1. The van der Waals surface area contributed by atoms with Crippen LogP contribution in [-0.4, -0.2) is 86.4 Å². The van der Waals surface area contributed by atoms with Gasteiger partial charge in [-0.1, -0.05) is 41.6 Å². The van der Waals surface area contributed by atoms with Crippen molar-refractivity contribution in [3.63, 3.8) is 0 Å². The molecule has 2 unspecified atom stereocenters. The number of β-lactam (4-membered cyclic amide) rings is 1. The van der Waals surface area contributed by atoms with Crippen LogP contribution in [0.15, 0.2) is 47.6 Å². The van der Waals surface area contributed by atoms with Gasteiger partial charge in [-0.3, -0.25) is 14.4 Å². The highest BCUT2D eigenvalue weighted by molar-refractivity contribution is 8.04. The molecule has 0 spiro atoms. The van der Waals surface area contributed by atoms with E-state index in [-0.39, 0.29) is 23.5 Å². The van der Waals surface area contributed by atoms with Crippen molar-refractivity contribution < 1.29 is 33.9 Å². The molecule has 2 fully saturated rings. The zero-order valence-electron chi connectivity index (χ0n) is 21.4. The number of carbonyl (C=O) groups is 4. The van der Waals surface area contributed by atoms with E-state index < -0.39 is 40.8 Å². The predicted molar refractivity (Wildman–Crippen MR) is 146 cm³/mol. The van der Waals surface area contributed by atoms with Crippen LogP contribution in [0.5, 0.6) is 0 Å². The number of nitrogens with one attached hydrogen (secondary N) is 1. The van der Waals surface area contributed by atoms with Gasteiger partial charge in [-0.15, -0.1) is 23.5 Å². The molecule has 4 rings (SSSR count). The minimum absolute atomic E-state index is 0.0665. The first-order valence-corrected chi connectivity index (χ1v) is 14.1. The van der Waals surface area contributed by atoms with Crippen LogP contribution in [-0.2, 0) is 28.8 Å². The Balaban J connectivity index is 1.53. The van der Waals surface area contributed by atoms with E-state index in [4.69, 9.17) is 9.57 Å². The Morgan fingerprint density at radius 3 is 2.58 bits per heavy atom. The first-order valence-electron chi connectivity index (χ1n) is 11.9. The third-order valence-corrected chi connectivity index (χ3v) is 9.06. The number of carboxylic acid groups (broad SMARTS) is 1. The average Bonchev–Trinajstić information content (AvgIpc) is 2.87. The number of ether oxygens (including phenoxy) is 1. The molecule has 3 atom stereocenters. The van der Waals surface area contributed by atoms with Crippen LogP contribution in [0.2, 0.25) is 0 Å². The van der Waals surface area contributed by atoms with Crippen LogP contribution in [0.3, 0.4) is 0 Å². The number of amides is 2. The van der Waals surface area contributed by atoms with E-state index in [9.17, 15) is 24.3 Å². The summed E-state index contributed by atoms with van der Waals surface area (Å²) in [4.78, 5) is 56.8. The van der Waals surface area contributed by atoms with Crippen molar-refractivity contribution in [1.29, 1.82) is 0 Å². The second-order valence-electron chi connectivity index (χ2n) is 9.98. The van der Waals surface area contributed by atoms with Gasteiger partial charge in [0.25, 0.3) is 5.91 Å². The van der Waals surface area contributed by atoms with E-state index in [1.807, 2.05) is 30.3 Å². The average molecular weight is 560 g/mol. The maximum absolute atomic E-state index is 13.4. The van der Waals surface area contributed by atoms with E-state index in [1.54, 1.807) is 39.2 Å². The molecule has 12 heteroatoms. The fraction of sp³-hybridized carbons (Fsp3) is 0.423. The number of aliphatic carboxylic acids is 1. The first kappa shape index (κ1) is 27.8. The molecule has 0 saturated carbocycles. The van der Waals surface area contributed by atoms with Gasteiger partial charge in [-0.05, 0) is 43.9 Å². The van der Waals surface area contributed by atoms with Gasteiger partial charge in [0.2, 0.25) is 12.5 Å². The molecule has 0 bridgehead atoms. The highest BCUT2D eigenvalue weighted by atomic mass is 32.2. The molecule has 38 heavy (non-hydrogen) atoms. The van der Waals surface area contributed by atoms with Crippen LogP contribution < -0.4 is 5.32 Å². The molecular weight excluding hydrogens is 530 g/mol. The predicted octanol–water partition coefficient (Wildman–Crippen LogP) is 2.49. The summed E-state index contributed by atoms with van der Waals surface area (Å²) in [5.74, 6) is -2.32. The maximum Gasteiger partial charge on any atom is 0.347 e. The van der Waals surface area contributed by atoms with Gasteiger partial charge < -0.3 is 24.9 Å². The maximum atomic E-state index is 13.4. The largest absolute Gasteiger partial charge is 0.480 e. The molecule has 2 aliphatic heterocycles. The summed E-state index contributed by atoms with van der Waals surface area (Å²) in [5, 5.41) is 17.8. The molecule has 0 aromatic heterocycles. The number of rotatable bonds is 8. The molecule has 2 N–H and O–H groups in total. The van der Waals surface area contributed by atoms with Crippen molar-refractivity contribution in [3.8, 4) is 0 Å². The number of hydrogen-bond acceptors (Lipinski definition) is 9. The van der Waals surface area contributed by atoms with Crippen molar-refractivity contribution in [2.45, 2.75) is 42.5 Å². The summed E-state index contributed by atoms with van der Waals surface area (Å²) >= 11 is 2.52. The van der Waals surface area contributed by atoms with Gasteiger partial charge in [0.05, 0.1) is 0 Å². The Morgan fingerprint density at radius 2 is 1.92 bits per heavy atom. The lowest BCUT2D eigenvalue weighted by molar-refractivity contribution is -0.160. The van der Waals surface area contributed by atoms with E-state index in [2.05, 4.69) is 10.5 Å². The minimum Gasteiger partial charge on any atom is -0.480 e. The van der Waals surface area contributed by atoms with Crippen molar-refractivity contribution in [2.75, 3.05) is 25.2 Å². The van der Waals surface area contributed by atoms with E-state index in [0.717, 1.165) is 10.8 Å². The third-order valence-electron chi connectivity index (χ3n) is 6.12. The number of esters is 1. The number of nitrogens with zero attached hydrogens (tertiary/aromatic N) is 2. The highest BCUT2D eigenvalue weighted by Gasteiger charge is 2.57. The number of thioether (sulfide) groups is 2. The van der Waals surface area contributed by atoms with Crippen LogP contribution in [0, 0.1) is 0 Å². The van der Waals surface area contributed by atoms with Gasteiger partial charge in [0, 0.05) is 17.9 Å². The summed E-state index contributed by atoms with van der Waals surface area (Å²) in [6.07, 6.45) is 1.71. The molecule has 2 saturated heterocycles. The lowest BCUT2D eigenvalue weighted by Crippen LogP contribution is -2.74. The minimum atomic E-state index is -1.08. The standard InChI is InChI=1S/C26H29N3O7S2/c1-25(2,3)36-18(30)12-35-28-19(17-10-9-15-7-5-6-8-16(15)11-17)21(31)27-20-22(32)29-13-26(37-4,24(33)34)14-38-23(20)29/h5-11,20,23H,12-14H2,1-4H3,(H,27,31)(H,33,34)/t20?,23-,26?/m1/s1. The Labute approximate surface area is 228 Å². The number of oxime groups is 1. The van der Waals surface area contributed by atoms with E-state index >= 15 is 0 Å². The zero-order chi connectivity index (χ0) is 27.7. The third kappa shape index (κ3) is 5.75. The molecule has 0 aliphatic carbocycles. The molecule has 10 nitrogen and oxygen atoms in total. The number of benzene rings is 2. The van der Waals surface area contributed by atoms with Gasteiger partial charge >= 0.3 is 11.9 Å². The Kier molecular flexibility index (Phi) is 7.93.